The van der Waals surface area contributed by atoms with E-state index in [1.54, 1.807) is 9.47 Å². The fourth-order valence-corrected chi connectivity index (χ4v) is 6.01. The molecule has 2 aliphatic rings. The monoisotopic (exact) mass is 500 g/mol. The minimum atomic E-state index is -0.239. The van der Waals surface area contributed by atoms with Crippen molar-refractivity contribution in [2.24, 2.45) is 0 Å². The molecule has 0 N–H and O–H groups in total. The molecule has 1 aromatic rings. The van der Waals surface area contributed by atoms with Gasteiger partial charge in [-0.05, 0) is 44.2 Å². The van der Waals surface area contributed by atoms with Crippen LogP contribution in [0.4, 0.5) is 5.82 Å². The fraction of sp³-hybridized carbons (Fsp3) is 0.615. The van der Waals surface area contributed by atoms with Crippen molar-refractivity contribution < 1.29 is 4.79 Å². The van der Waals surface area contributed by atoms with Gasteiger partial charge in [0.25, 0.3) is 11.5 Å². The summed E-state index contributed by atoms with van der Waals surface area (Å²) in [4.78, 5) is 30.9. The van der Waals surface area contributed by atoms with Gasteiger partial charge in [-0.3, -0.25) is 19.1 Å². The zero-order valence-electron chi connectivity index (χ0n) is 20.7. The van der Waals surface area contributed by atoms with Crippen LogP contribution in [0.2, 0.25) is 0 Å². The van der Waals surface area contributed by atoms with Gasteiger partial charge in [0, 0.05) is 31.7 Å². The summed E-state index contributed by atoms with van der Waals surface area (Å²) in [5, 5.41) is 9.75. The molecule has 3 heterocycles. The highest BCUT2D eigenvalue weighted by Crippen LogP contribution is 2.36. The van der Waals surface area contributed by atoms with E-state index in [1.165, 1.54) is 37.4 Å². The Hall–Kier alpha value is -2.11. The summed E-state index contributed by atoms with van der Waals surface area (Å²) < 4.78 is 2.33. The van der Waals surface area contributed by atoms with Crippen LogP contribution in [0.15, 0.2) is 9.70 Å². The maximum Gasteiger partial charge on any atom is 0.270 e. The first kappa shape index (κ1) is 26.5. The fourth-order valence-electron chi connectivity index (χ4n) is 4.72. The number of aromatic nitrogens is 1. The van der Waals surface area contributed by atoms with Gasteiger partial charge in [0.1, 0.15) is 21.8 Å². The van der Waals surface area contributed by atoms with Crippen LogP contribution in [0.1, 0.15) is 88.3 Å². The molecule has 0 unspecified atom stereocenters. The van der Waals surface area contributed by atoms with Crippen LogP contribution in [0.25, 0.3) is 6.08 Å². The molecule has 2 saturated heterocycles. The molecule has 2 fully saturated rings. The first-order valence-electron chi connectivity index (χ1n) is 12.6. The van der Waals surface area contributed by atoms with Crippen LogP contribution >= 0.6 is 24.0 Å². The molecule has 1 aromatic heterocycles. The predicted octanol–water partition coefficient (Wildman–Crippen LogP) is 5.60. The van der Waals surface area contributed by atoms with Crippen molar-refractivity contribution in [3.63, 3.8) is 0 Å². The third-order valence-electron chi connectivity index (χ3n) is 6.58. The molecule has 6 nitrogen and oxygen atoms in total. The van der Waals surface area contributed by atoms with Crippen molar-refractivity contribution in [1.82, 2.24) is 9.47 Å². The van der Waals surface area contributed by atoms with Gasteiger partial charge in [0.2, 0.25) is 0 Å². The van der Waals surface area contributed by atoms with Crippen LogP contribution in [-0.2, 0) is 11.3 Å². The van der Waals surface area contributed by atoms with Crippen molar-refractivity contribution in [3.8, 4) is 6.07 Å². The smallest absolute Gasteiger partial charge is 0.270 e. The van der Waals surface area contributed by atoms with Gasteiger partial charge in [-0.25, -0.2) is 0 Å². The van der Waals surface area contributed by atoms with E-state index < -0.39 is 0 Å². The summed E-state index contributed by atoms with van der Waals surface area (Å²) in [5.41, 5.74) is 1.36. The Bertz CT molecular complexity index is 1050. The van der Waals surface area contributed by atoms with E-state index in [2.05, 4.69) is 17.9 Å². The second-order valence-corrected chi connectivity index (χ2v) is 10.8. The molecule has 0 radical (unpaired) electrons. The number of thioether (sulfide) groups is 1. The van der Waals surface area contributed by atoms with Crippen molar-refractivity contribution in [3.05, 3.63) is 31.9 Å². The number of nitrogens with zero attached hydrogens (tertiary/aromatic N) is 4. The second-order valence-electron chi connectivity index (χ2n) is 9.10. The number of hydrogen-bond donors (Lipinski definition) is 0. The Kier molecular flexibility index (Phi) is 9.78. The molecule has 0 aromatic carbocycles. The zero-order chi connectivity index (χ0) is 24.7. The number of unbranched alkanes of at least 4 members (excludes halogenated alkanes) is 5. The van der Waals surface area contributed by atoms with Gasteiger partial charge in [-0.2, -0.15) is 5.26 Å². The Morgan fingerprint density at radius 1 is 1.03 bits per heavy atom. The van der Waals surface area contributed by atoms with E-state index in [0.717, 1.165) is 56.6 Å². The van der Waals surface area contributed by atoms with E-state index in [-0.39, 0.29) is 17.0 Å². The Morgan fingerprint density at radius 2 is 1.71 bits per heavy atom. The number of pyridine rings is 1. The Morgan fingerprint density at radius 3 is 2.35 bits per heavy atom. The number of carbonyl (C=O) groups excluding carboxylic acids is 1. The summed E-state index contributed by atoms with van der Waals surface area (Å²) >= 11 is 6.87. The van der Waals surface area contributed by atoms with Gasteiger partial charge in [-0.1, -0.05) is 69.9 Å². The summed E-state index contributed by atoms with van der Waals surface area (Å²) in [7, 11) is 0. The molecule has 0 bridgehead atoms. The van der Waals surface area contributed by atoms with Crippen LogP contribution in [0.3, 0.4) is 0 Å². The molecule has 0 saturated carbocycles. The van der Waals surface area contributed by atoms with Crippen molar-refractivity contribution in [2.75, 3.05) is 24.5 Å². The largest absolute Gasteiger partial charge is 0.357 e. The van der Waals surface area contributed by atoms with E-state index in [4.69, 9.17) is 12.2 Å². The molecular weight excluding hydrogens is 464 g/mol. The topological polar surface area (TPSA) is 69.3 Å². The molecule has 1 amide bonds. The lowest BCUT2D eigenvalue weighted by Gasteiger charge is -2.26. The van der Waals surface area contributed by atoms with E-state index in [1.807, 2.05) is 19.9 Å². The normalized spacial score (nSPS) is 17.3. The van der Waals surface area contributed by atoms with Gasteiger partial charge in [0.05, 0.1) is 4.91 Å². The molecule has 0 aliphatic carbocycles. The number of amides is 1. The van der Waals surface area contributed by atoms with Crippen molar-refractivity contribution in [2.45, 2.75) is 85.1 Å². The average Bonchev–Trinajstić information content (AvgIpc) is 3.43. The van der Waals surface area contributed by atoms with Crippen LogP contribution in [0.5, 0.6) is 0 Å². The van der Waals surface area contributed by atoms with Gasteiger partial charge in [0.15, 0.2) is 0 Å². The minimum absolute atomic E-state index is 0.0675. The number of rotatable bonds is 11. The number of nitriles is 1. The number of anilines is 1. The molecular formula is C26H36N4O2S2. The van der Waals surface area contributed by atoms with Crippen molar-refractivity contribution in [1.29, 1.82) is 5.26 Å². The molecule has 34 heavy (non-hydrogen) atoms. The molecule has 3 rings (SSSR count). The number of thiocarbonyl (C=S) groups is 1. The first-order valence-corrected chi connectivity index (χ1v) is 13.8. The zero-order valence-corrected chi connectivity index (χ0v) is 22.3. The SMILES string of the molecule is CCCCCCCCN1C(=O)/C(=C\c2c(C)c(C#N)c(=O)n(CCC)c2N2CCCC2)SC1=S. The van der Waals surface area contributed by atoms with E-state index >= 15 is 0 Å². The maximum absolute atomic E-state index is 13.3. The summed E-state index contributed by atoms with van der Waals surface area (Å²) in [6.45, 7) is 8.97. The van der Waals surface area contributed by atoms with E-state index in [0.29, 0.717) is 27.9 Å². The van der Waals surface area contributed by atoms with Crippen LogP contribution in [-0.4, -0.2) is 39.3 Å². The quantitative estimate of drug-likeness (QED) is 0.224. The second kappa shape index (κ2) is 12.6. The maximum atomic E-state index is 13.3. The lowest BCUT2D eigenvalue weighted by Crippen LogP contribution is -2.33. The first-order chi connectivity index (χ1) is 16.4. The summed E-state index contributed by atoms with van der Waals surface area (Å²) in [6.07, 6.45) is 11.7. The third kappa shape index (κ3) is 5.75. The van der Waals surface area contributed by atoms with Crippen LogP contribution in [0, 0.1) is 18.3 Å². The molecule has 8 heteroatoms. The Balaban J connectivity index is 1.94. The van der Waals surface area contributed by atoms with Gasteiger partial charge in [-0.15, -0.1) is 0 Å². The highest BCUT2D eigenvalue weighted by molar-refractivity contribution is 8.26. The Labute approximate surface area is 213 Å². The van der Waals surface area contributed by atoms with Crippen LogP contribution < -0.4 is 10.5 Å². The summed E-state index contributed by atoms with van der Waals surface area (Å²) in [5.74, 6) is 0.768. The lowest BCUT2D eigenvalue weighted by atomic mass is 10.0. The van der Waals surface area contributed by atoms with E-state index in [9.17, 15) is 14.9 Å². The molecule has 0 spiro atoms. The average molecular weight is 501 g/mol. The highest BCUT2D eigenvalue weighted by Gasteiger charge is 2.33. The predicted molar refractivity (Wildman–Crippen MR) is 145 cm³/mol. The van der Waals surface area contributed by atoms with Crippen molar-refractivity contribution >= 4 is 46.1 Å². The van der Waals surface area contributed by atoms with Gasteiger partial charge >= 0.3 is 0 Å². The lowest BCUT2D eigenvalue weighted by molar-refractivity contribution is -0.122. The number of carbonyl (C=O) groups is 1. The number of hydrogen-bond acceptors (Lipinski definition) is 6. The van der Waals surface area contributed by atoms with Gasteiger partial charge < -0.3 is 4.90 Å². The molecule has 184 valence electrons. The third-order valence-corrected chi connectivity index (χ3v) is 7.96. The molecule has 0 atom stereocenters. The minimum Gasteiger partial charge on any atom is -0.357 e. The molecule has 2 aliphatic heterocycles. The summed E-state index contributed by atoms with van der Waals surface area (Å²) in [6, 6.07) is 2.11. The highest BCUT2D eigenvalue weighted by atomic mass is 32.2. The standard InChI is InChI=1S/C26H36N4O2S2/c1-4-6-7-8-9-10-16-30-25(32)22(34-26(30)33)17-20-19(3)21(18-27)24(31)29(13-5-2)23(20)28-14-11-12-15-28/h17H,4-16H2,1-3H3/b22-17+.